The van der Waals surface area contributed by atoms with E-state index in [0.29, 0.717) is 18.1 Å². The van der Waals surface area contributed by atoms with E-state index in [-0.39, 0.29) is 11.8 Å². The van der Waals surface area contributed by atoms with Gasteiger partial charge in [-0.15, -0.1) is 0 Å². The minimum atomic E-state index is -0.0330. The first kappa shape index (κ1) is 12.4. The lowest BCUT2D eigenvalue weighted by Gasteiger charge is -2.15. The van der Waals surface area contributed by atoms with Gasteiger partial charge in [0.2, 0.25) is 6.39 Å². The number of nitrogens with zero attached hydrogens (tertiary/aromatic N) is 2. The van der Waals surface area contributed by atoms with Gasteiger partial charge in [-0.05, 0) is 13.0 Å². The number of ether oxygens (including phenoxy) is 1. The lowest BCUT2D eigenvalue weighted by molar-refractivity contribution is 0.399. The van der Waals surface area contributed by atoms with Crippen molar-refractivity contribution in [3.63, 3.8) is 0 Å². The molecule has 0 spiro atoms. The molecule has 18 heavy (non-hydrogen) atoms. The largest absolute Gasteiger partial charge is 0.507 e. The number of rotatable bonds is 5. The Kier molecular flexibility index (Phi) is 3.78. The van der Waals surface area contributed by atoms with Gasteiger partial charge in [-0.25, -0.2) is 0 Å². The number of phenolic OH excluding ortho intramolecular Hbond substituents is 1. The van der Waals surface area contributed by atoms with Crippen LogP contribution in [0.4, 0.5) is 0 Å². The Balaban J connectivity index is 2.02. The molecule has 0 aliphatic rings. The van der Waals surface area contributed by atoms with E-state index in [4.69, 9.17) is 4.74 Å². The molecule has 1 aromatic carbocycles. The fourth-order valence-electron chi connectivity index (χ4n) is 1.64. The highest BCUT2D eigenvalue weighted by Gasteiger charge is 2.11. The normalized spacial score (nSPS) is 12.3. The monoisotopic (exact) mass is 249 g/mol. The predicted octanol–water partition coefficient (Wildman–Crippen LogP) is 1.63. The quantitative estimate of drug-likeness (QED) is 0.838. The summed E-state index contributed by atoms with van der Waals surface area (Å²) in [4.78, 5) is 3.91. The highest BCUT2D eigenvalue weighted by Crippen LogP contribution is 2.28. The molecule has 0 amide bonds. The molecule has 2 aromatic rings. The SMILES string of the molecule is COc1ccc(C(C)NCc2ncon2)c(O)c1. The van der Waals surface area contributed by atoms with Crippen molar-refractivity contribution in [3.05, 3.63) is 36.0 Å². The van der Waals surface area contributed by atoms with Crippen LogP contribution in [-0.2, 0) is 6.54 Å². The number of nitrogens with one attached hydrogen (secondary N) is 1. The molecule has 2 N–H and O–H groups in total. The average molecular weight is 249 g/mol. The number of hydrogen-bond donors (Lipinski definition) is 2. The van der Waals surface area contributed by atoms with Crippen molar-refractivity contribution in [2.24, 2.45) is 0 Å². The summed E-state index contributed by atoms with van der Waals surface area (Å²) >= 11 is 0. The van der Waals surface area contributed by atoms with Crippen LogP contribution in [0.15, 0.2) is 29.1 Å². The van der Waals surface area contributed by atoms with Gasteiger partial charge in [-0.3, -0.25) is 0 Å². The Morgan fingerprint density at radius 3 is 2.94 bits per heavy atom. The summed E-state index contributed by atoms with van der Waals surface area (Å²) in [6, 6.07) is 5.18. The Labute approximate surface area is 105 Å². The maximum atomic E-state index is 9.88. The van der Waals surface area contributed by atoms with E-state index in [9.17, 15) is 5.11 Å². The van der Waals surface area contributed by atoms with Crippen molar-refractivity contribution in [3.8, 4) is 11.5 Å². The molecular formula is C12H15N3O3. The summed E-state index contributed by atoms with van der Waals surface area (Å²) in [7, 11) is 1.56. The smallest absolute Gasteiger partial charge is 0.213 e. The second-order valence-corrected chi connectivity index (χ2v) is 3.87. The third-order valence-corrected chi connectivity index (χ3v) is 2.68. The van der Waals surface area contributed by atoms with Crippen molar-refractivity contribution < 1.29 is 14.4 Å². The Hall–Kier alpha value is -2.08. The molecule has 0 aliphatic heterocycles. The first-order valence-corrected chi connectivity index (χ1v) is 5.56. The maximum Gasteiger partial charge on any atom is 0.213 e. The van der Waals surface area contributed by atoms with E-state index in [1.807, 2.05) is 19.1 Å². The molecule has 6 nitrogen and oxygen atoms in total. The van der Waals surface area contributed by atoms with Crippen LogP contribution in [0, 0.1) is 0 Å². The van der Waals surface area contributed by atoms with Crippen LogP contribution >= 0.6 is 0 Å². The maximum absolute atomic E-state index is 9.88. The van der Waals surface area contributed by atoms with E-state index < -0.39 is 0 Å². The third-order valence-electron chi connectivity index (χ3n) is 2.68. The third kappa shape index (κ3) is 2.78. The number of hydrogen-bond acceptors (Lipinski definition) is 6. The molecule has 1 unspecified atom stereocenters. The van der Waals surface area contributed by atoms with Crippen LogP contribution in [-0.4, -0.2) is 22.4 Å². The second-order valence-electron chi connectivity index (χ2n) is 3.87. The van der Waals surface area contributed by atoms with Gasteiger partial charge in [-0.2, -0.15) is 4.98 Å². The molecule has 1 heterocycles. The van der Waals surface area contributed by atoms with E-state index in [1.54, 1.807) is 13.2 Å². The predicted molar refractivity (Wildman–Crippen MR) is 64.2 cm³/mol. The van der Waals surface area contributed by atoms with Gasteiger partial charge < -0.3 is 19.7 Å². The standard InChI is InChI=1S/C12H15N3O3/c1-8(13-6-12-14-7-18-15-12)10-4-3-9(17-2)5-11(10)16/h3-5,7-8,13,16H,6H2,1-2H3. The molecule has 0 saturated heterocycles. The molecule has 1 atom stereocenters. The van der Waals surface area contributed by atoms with Crippen molar-refractivity contribution >= 4 is 0 Å². The van der Waals surface area contributed by atoms with E-state index >= 15 is 0 Å². The minimum absolute atomic E-state index is 0.0330. The van der Waals surface area contributed by atoms with Gasteiger partial charge in [0.15, 0.2) is 5.82 Å². The highest BCUT2D eigenvalue weighted by atomic mass is 16.5. The van der Waals surface area contributed by atoms with Crippen LogP contribution in [0.3, 0.4) is 0 Å². The van der Waals surface area contributed by atoms with Crippen LogP contribution < -0.4 is 10.1 Å². The first-order valence-electron chi connectivity index (χ1n) is 5.56. The van der Waals surface area contributed by atoms with Gasteiger partial charge in [-0.1, -0.05) is 11.2 Å². The summed E-state index contributed by atoms with van der Waals surface area (Å²) in [5.41, 5.74) is 0.791. The molecule has 2 rings (SSSR count). The zero-order chi connectivity index (χ0) is 13.0. The highest BCUT2D eigenvalue weighted by molar-refractivity contribution is 5.41. The molecule has 0 fully saturated rings. The van der Waals surface area contributed by atoms with Crippen molar-refractivity contribution in [1.82, 2.24) is 15.5 Å². The molecule has 0 radical (unpaired) electrons. The number of aromatic hydroxyl groups is 1. The topological polar surface area (TPSA) is 80.4 Å². The van der Waals surface area contributed by atoms with Crippen molar-refractivity contribution in [2.75, 3.05) is 7.11 Å². The minimum Gasteiger partial charge on any atom is -0.507 e. The Morgan fingerprint density at radius 2 is 2.33 bits per heavy atom. The molecule has 0 saturated carbocycles. The molecule has 6 heteroatoms. The Bertz CT molecular complexity index is 499. The Morgan fingerprint density at radius 1 is 1.50 bits per heavy atom. The number of phenols is 1. The molecule has 1 aromatic heterocycles. The summed E-state index contributed by atoms with van der Waals surface area (Å²) in [6.45, 7) is 2.42. The summed E-state index contributed by atoms with van der Waals surface area (Å²) in [5.74, 6) is 1.40. The van der Waals surface area contributed by atoms with E-state index in [1.165, 1.54) is 6.39 Å². The fraction of sp³-hybridized carbons (Fsp3) is 0.333. The summed E-state index contributed by atoms with van der Waals surface area (Å²) in [6.07, 6.45) is 1.28. The first-order chi connectivity index (χ1) is 8.70. The summed E-state index contributed by atoms with van der Waals surface area (Å²) < 4.78 is 9.68. The van der Waals surface area contributed by atoms with Crippen molar-refractivity contribution in [2.45, 2.75) is 19.5 Å². The zero-order valence-electron chi connectivity index (χ0n) is 10.3. The second kappa shape index (κ2) is 5.50. The van der Waals surface area contributed by atoms with E-state index in [0.717, 1.165) is 5.56 Å². The summed E-state index contributed by atoms with van der Waals surface area (Å²) in [5, 5.41) is 16.8. The van der Waals surface area contributed by atoms with Crippen LogP contribution in [0.5, 0.6) is 11.5 Å². The zero-order valence-corrected chi connectivity index (χ0v) is 10.3. The number of methoxy groups -OCH3 is 1. The van der Waals surface area contributed by atoms with Gasteiger partial charge in [0, 0.05) is 17.7 Å². The van der Waals surface area contributed by atoms with Crippen molar-refractivity contribution in [1.29, 1.82) is 0 Å². The number of benzene rings is 1. The average Bonchev–Trinajstić information content (AvgIpc) is 2.88. The number of aromatic nitrogens is 2. The molecule has 0 bridgehead atoms. The lowest BCUT2D eigenvalue weighted by atomic mass is 10.1. The van der Waals surface area contributed by atoms with Crippen LogP contribution in [0.2, 0.25) is 0 Å². The van der Waals surface area contributed by atoms with Gasteiger partial charge >= 0.3 is 0 Å². The fourth-order valence-corrected chi connectivity index (χ4v) is 1.64. The van der Waals surface area contributed by atoms with Gasteiger partial charge in [0.25, 0.3) is 0 Å². The van der Waals surface area contributed by atoms with Gasteiger partial charge in [0.1, 0.15) is 11.5 Å². The lowest BCUT2D eigenvalue weighted by Crippen LogP contribution is -2.18. The molecule has 0 aliphatic carbocycles. The van der Waals surface area contributed by atoms with E-state index in [2.05, 4.69) is 20.0 Å². The van der Waals surface area contributed by atoms with Crippen LogP contribution in [0.1, 0.15) is 24.4 Å². The van der Waals surface area contributed by atoms with Crippen LogP contribution in [0.25, 0.3) is 0 Å². The van der Waals surface area contributed by atoms with Gasteiger partial charge in [0.05, 0.1) is 13.7 Å². The molecule has 96 valence electrons. The molecular weight excluding hydrogens is 234 g/mol.